The van der Waals surface area contributed by atoms with Gasteiger partial charge in [-0.25, -0.2) is 9.18 Å². The number of fused-ring (bicyclic) bond motifs is 1. The van der Waals surface area contributed by atoms with Crippen LogP contribution in [0.2, 0.25) is 10.0 Å². The van der Waals surface area contributed by atoms with E-state index < -0.39 is 28.8 Å². The minimum absolute atomic E-state index is 0.101. The smallest absolute Gasteiger partial charge is 0.368 e. The summed E-state index contributed by atoms with van der Waals surface area (Å²) in [7, 11) is 2.83. The summed E-state index contributed by atoms with van der Waals surface area (Å²) in [5.41, 5.74) is -1.34. The third kappa shape index (κ3) is 4.76. The average molecular weight is 585 g/mol. The van der Waals surface area contributed by atoms with Crippen LogP contribution in [0.25, 0.3) is 11.2 Å². The number of halogens is 6. The van der Waals surface area contributed by atoms with Crippen molar-refractivity contribution >= 4 is 46.0 Å². The minimum Gasteiger partial charge on any atom is -0.368 e. The first-order chi connectivity index (χ1) is 18.4. The lowest BCUT2D eigenvalue weighted by molar-refractivity contribution is -0.137. The number of nitrogens with zero attached hydrogens (tertiary/aromatic N) is 6. The van der Waals surface area contributed by atoms with E-state index in [0.29, 0.717) is 37.8 Å². The molecule has 4 aromatic rings. The van der Waals surface area contributed by atoms with E-state index in [1.165, 1.54) is 53.6 Å². The van der Waals surface area contributed by atoms with E-state index in [2.05, 4.69) is 4.98 Å². The fourth-order valence-electron chi connectivity index (χ4n) is 4.76. The highest BCUT2D eigenvalue weighted by Gasteiger charge is 2.34. The molecule has 2 aromatic heterocycles. The average Bonchev–Trinajstić information content (AvgIpc) is 3.27. The molecule has 0 spiro atoms. The fraction of sp³-hybridized carbons (Fsp3) is 0.320. The molecule has 1 saturated heterocycles. The zero-order chi connectivity index (χ0) is 28.2. The second kappa shape index (κ2) is 9.91. The Kier molecular flexibility index (Phi) is 6.88. The Hall–Kier alpha value is -3.51. The van der Waals surface area contributed by atoms with Crippen LogP contribution in [-0.4, -0.2) is 44.9 Å². The van der Waals surface area contributed by atoms with Gasteiger partial charge in [-0.15, -0.1) is 0 Å². The molecule has 39 heavy (non-hydrogen) atoms. The Bertz CT molecular complexity index is 1680. The first-order valence-electron chi connectivity index (χ1n) is 11.8. The molecular weight excluding hydrogens is 563 g/mol. The molecule has 0 saturated carbocycles. The predicted octanol–water partition coefficient (Wildman–Crippen LogP) is 4.27. The van der Waals surface area contributed by atoms with Gasteiger partial charge in [-0.05, 0) is 30.3 Å². The molecule has 1 aliphatic rings. The highest BCUT2D eigenvalue weighted by molar-refractivity contribution is 6.31. The van der Waals surface area contributed by atoms with E-state index in [-0.39, 0.29) is 33.3 Å². The summed E-state index contributed by atoms with van der Waals surface area (Å²) < 4.78 is 58.6. The molecular formula is C25H22Cl2F4N6O2. The van der Waals surface area contributed by atoms with Crippen molar-refractivity contribution in [3.05, 3.63) is 84.2 Å². The number of aryl methyl sites for hydroxylation is 1. The van der Waals surface area contributed by atoms with Gasteiger partial charge in [0.1, 0.15) is 5.82 Å². The summed E-state index contributed by atoms with van der Waals surface area (Å²) in [6.07, 6.45) is -4.59. The van der Waals surface area contributed by atoms with E-state index >= 15 is 0 Å². The van der Waals surface area contributed by atoms with Crippen LogP contribution in [-0.2, 0) is 26.8 Å². The van der Waals surface area contributed by atoms with Gasteiger partial charge < -0.3 is 9.80 Å². The number of piperazine rings is 1. The van der Waals surface area contributed by atoms with Crippen LogP contribution < -0.4 is 21.0 Å². The number of imidazole rings is 1. The van der Waals surface area contributed by atoms with Gasteiger partial charge in [0.05, 0.1) is 17.1 Å². The highest BCUT2D eigenvalue weighted by atomic mass is 35.5. The molecule has 0 aliphatic carbocycles. The third-order valence-corrected chi connectivity index (χ3v) is 7.57. The zero-order valence-corrected chi connectivity index (χ0v) is 22.3. The van der Waals surface area contributed by atoms with Crippen LogP contribution in [0.1, 0.15) is 11.1 Å². The zero-order valence-electron chi connectivity index (χ0n) is 20.8. The van der Waals surface area contributed by atoms with Gasteiger partial charge in [-0.2, -0.15) is 18.2 Å². The van der Waals surface area contributed by atoms with E-state index in [1.807, 2.05) is 4.90 Å². The maximum atomic E-state index is 14.8. The van der Waals surface area contributed by atoms with E-state index in [1.54, 1.807) is 4.90 Å². The lowest BCUT2D eigenvalue weighted by atomic mass is 10.1. The molecule has 1 aliphatic heterocycles. The number of rotatable bonds is 4. The van der Waals surface area contributed by atoms with Crippen LogP contribution in [0.4, 0.5) is 29.2 Å². The third-order valence-electron chi connectivity index (χ3n) is 6.89. The lowest BCUT2D eigenvalue weighted by Crippen LogP contribution is -2.47. The normalized spacial score (nSPS) is 14.5. The number of hydrogen-bond donors (Lipinski definition) is 0. The maximum absolute atomic E-state index is 14.8. The summed E-state index contributed by atoms with van der Waals surface area (Å²) in [6, 6.07) is 8.03. The van der Waals surface area contributed by atoms with Crippen molar-refractivity contribution in [1.82, 2.24) is 18.7 Å². The summed E-state index contributed by atoms with van der Waals surface area (Å²) in [5, 5.41) is -0.213. The molecule has 1 fully saturated rings. The molecule has 0 atom stereocenters. The van der Waals surface area contributed by atoms with Gasteiger partial charge in [0.25, 0.3) is 5.56 Å². The summed E-state index contributed by atoms with van der Waals surface area (Å²) in [6.45, 7) is 1.19. The molecule has 8 nitrogen and oxygen atoms in total. The van der Waals surface area contributed by atoms with Crippen LogP contribution in [0.5, 0.6) is 0 Å². The van der Waals surface area contributed by atoms with E-state index in [0.717, 1.165) is 10.6 Å². The SMILES string of the molecule is Cn1c(=O)c2c(nc(N3CCN(c4ccc(Cl)c(C(F)(F)F)c4)CC3)n2Cc2c(F)cccc2Cl)n(C)c1=O. The van der Waals surface area contributed by atoms with Crippen molar-refractivity contribution in [2.45, 2.75) is 12.7 Å². The molecule has 2 aromatic carbocycles. The predicted molar refractivity (Wildman–Crippen MR) is 142 cm³/mol. The number of benzene rings is 2. The highest BCUT2D eigenvalue weighted by Crippen LogP contribution is 2.37. The van der Waals surface area contributed by atoms with Crippen LogP contribution >= 0.6 is 23.2 Å². The first kappa shape index (κ1) is 27.1. The van der Waals surface area contributed by atoms with Crippen molar-refractivity contribution in [3.63, 3.8) is 0 Å². The Morgan fingerprint density at radius 1 is 0.923 bits per heavy atom. The Balaban J connectivity index is 1.54. The minimum atomic E-state index is -4.59. The van der Waals surface area contributed by atoms with E-state index in [4.69, 9.17) is 23.2 Å². The summed E-state index contributed by atoms with van der Waals surface area (Å²) in [4.78, 5) is 34.0. The first-order valence-corrected chi connectivity index (χ1v) is 12.6. The second-order valence-electron chi connectivity index (χ2n) is 9.21. The van der Waals surface area contributed by atoms with Gasteiger partial charge >= 0.3 is 11.9 Å². The Labute approximate surface area is 229 Å². The van der Waals surface area contributed by atoms with Crippen molar-refractivity contribution in [2.24, 2.45) is 14.1 Å². The van der Waals surface area contributed by atoms with Crippen LogP contribution in [0, 0.1) is 5.82 Å². The monoisotopic (exact) mass is 584 g/mol. The molecule has 14 heteroatoms. The van der Waals surface area contributed by atoms with Crippen molar-refractivity contribution in [2.75, 3.05) is 36.0 Å². The number of hydrogen-bond acceptors (Lipinski definition) is 5. The molecule has 0 unspecified atom stereocenters. The largest absolute Gasteiger partial charge is 0.417 e. The standard InChI is InChI=1S/C25H22Cl2F4N6O2/c1-33-21-20(22(38)34(2)24(33)39)37(13-15-17(26)4-3-5-19(15)28)23(32-21)36-10-8-35(9-11-36)14-6-7-18(27)16(12-14)25(29,30)31/h3-7,12H,8-11,13H2,1-2H3. The van der Waals surface area contributed by atoms with Gasteiger partial charge in [-0.1, -0.05) is 29.3 Å². The van der Waals surface area contributed by atoms with Crippen molar-refractivity contribution < 1.29 is 17.6 Å². The molecule has 0 radical (unpaired) electrons. The fourth-order valence-corrected chi connectivity index (χ4v) is 5.21. The molecule has 5 rings (SSSR count). The summed E-state index contributed by atoms with van der Waals surface area (Å²) in [5.74, 6) is -0.251. The van der Waals surface area contributed by atoms with Gasteiger partial charge in [0.2, 0.25) is 5.95 Å². The van der Waals surface area contributed by atoms with E-state index in [9.17, 15) is 27.2 Å². The topological polar surface area (TPSA) is 68.3 Å². The van der Waals surface area contributed by atoms with Crippen LogP contribution in [0.15, 0.2) is 46.0 Å². The van der Waals surface area contributed by atoms with Crippen molar-refractivity contribution in [1.29, 1.82) is 0 Å². The number of aromatic nitrogens is 4. The summed E-state index contributed by atoms with van der Waals surface area (Å²) >= 11 is 12.1. The molecule has 0 bridgehead atoms. The molecule has 0 amide bonds. The number of anilines is 2. The number of alkyl halides is 3. The molecule has 3 heterocycles. The van der Waals surface area contributed by atoms with Gasteiger partial charge in [0.15, 0.2) is 11.2 Å². The molecule has 206 valence electrons. The molecule has 0 N–H and O–H groups in total. The second-order valence-corrected chi connectivity index (χ2v) is 10.0. The lowest BCUT2D eigenvalue weighted by Gasteiger charge is -2.37. The Morgan fingerprint density at radius 2 is 1.59 bits per heavy atom. The van der Waals surface area contributed by atoms with Crippen molar-refractivity contribution in [3.8, 4) is 0 Å². The van der Waals surface area contributed by atoms with Crippen LogP contribution in [0.3, 0.4) is 0 Å². The maximum Gasteiger partial charge on any atom is 0.417 e. The van der Waals surface area contributed by atoms with Gasteiger partial charge in [-0.3, -0.25) is 18.5 Å². The quantitative estimate of drug-likeness (QED) is 0.335. The van der Waals surface area contributed by atoms with Gasteiger partial charge in [0, 0.05) is 56.5 Å². The Morgan fingerprint density at radius 3 is 2.23 bits per heavy atom.